The van der Waals surface area contributed by atoms with E-state index in [2.05, 4.69) is 31.9 Å². The van der Waals surface area contributed by atoms with E-state index in [1.807, 2.05) is 0 Å². The highest BCUT2D eigenvalue weighted by atomic mass is 16.8. The van der Waals surface area contributed by atoms with Crippen molar-refractivity contribution in [3.05, 3.63) is 0 Å². The van der Waals surface area contributed by atoms with E-state index in [-0.39, 0.29) is 6.41 Å². The van der Waals surface area contributed by atoms with Crippen LogP contribution in [0.3, 0.4) is 0 Å². The monoisotopic (exact) mass is 2110 g/mol. The number of ether oxygens (including phenoxy) is 22. The van der Waals surface area contributed by atoms with Crippen LogP contribution in [0, 0.1) is 0 Å². The molecule has 64 heteroatoms. The molecule has 36 N–H and O–H groups in total. The van der Waals surface area contributed by atoms with Gasteiger partial charge in [0.25, 0.3) is 0 Å². The molecule has 56 atom stereocenters. The highest BCUT2D eigenvalue weighted by molar-refractivity contribution is 5.75. The predicted octanol–water partition coefficient (Wildman–Crippen LogP) is -25.1. The Balaban J connectivity index is 0.783. The summed E-state index contributed by atoms with van der Waals surface area (Å²) in [6.45, 7) is -8.48. The van der Waals surface area contributed by atoms with Gasteiger partial charge in [-0.3, -0.25) is 28.8 Å². The predicted molar refractivity (Wildman–Crippen MR) is 444 cm³/mol. The summed E-state index contributed by atoms with van der Waals surface area (Å²) < 4.78 is 130. The minimum absolute atomic E-state index is 0.240. The van der Waals surface area contributed by atoms with Gasteiger partial charge in [-0.25, -0.2) is 0 Å². The fourth-order valence-corrected chi connectivity index (χ4v) is 18.3. The summed E-state index contributed by atoms with van der Waals surface area (Å²) in [6, 6.07) is -10.5. The number of amides is 6. The number of rotatable bonds is 42. The van der Waals surface area contributed by atoms with Gasteiger partial charge >= 0.3 is 0 Å². The second-order valence-electron chi connectivity index (χ2n) is 36.0. The molecular formula is C80H134N6O58. The maximum atomic E-state index is 13.2. The van der Waals surface area contributed by atoms with Gasteiger partial charge in [-0.1, -0.05) is 0 Å². The molecule has 0 saturated carbocycles. The van der Waals surface area contributed by atoms with Crippen LogP contribution in [0.15, 0.2) is 0 Å². The number of hydrogen-bond donors (Lipinski definition) is 36. The molecule has 0 spiro atoms. The first-order valence-electron chi connectivity index (χ1n) is 45.9. The van der Waals surface area contributed by atoms with E-state index >= 15 is 0 Å². The SMILES string of the molecule is CC(=O)N[C@H]1[C@H](OC[C@H]2O[C@@H](O[C@H]3[C@H](O)[C@@H](NC(C)=O)[C@H](O[C@H]4[C@@H](O)[C@@H](CO)O[C@@H](O[C@H]5[C@H](O)[C@@H](O)[C@H](OC[C@@H](CO)NC=O)O[C@@H]5CO)[C@@H]4O)O[C@@H]3CO)[C@H](O)[C@@H](O[C@@H]3O[C@H](CO)[C@@H](O)[C@H](O)[C@H]3NC(C)=O)[C@H]2O)O[C@H](CO)[C@@H](O[C@@H]2O[C@H](CO[C@@H]3O[C@H](CO)[C@@H](O[C@@H]4O[C@H](CO)[C@H](O)[C@H](O[C@@H]5O[C@H](CO)[C@@H](O[C@@H]6O[C@H](CO)[C@H](O)[C@H](O)[C@H]6O)[C@H](O)[C@H]5NC(C)=O)[C@H]4O)[C@H](O)[C@H]3NC(C)=O)[C@H](O)[C@H](O)[C@H]2O)[C@@H]1O. The van der Waals surface area contributed by atoms with Crippen molar-refractivity contribution in [3.8, 4) is 0 Å². The van der Waals surface area contributed by atoms with Gasteiger partial charge in [-0.15, -0.1) is 0 Å². The topological polar surface area (TPSA) is 985 Å². The molecule has 11 aliphatic heterocycles. The summed E-state index contributed by atoms with van der Waals surface area (Å²) in [5, 5.41) is 350. The molecule has 0 bridgehead atoms. The van der Waals surface area contributed by atoms with Crippen LogP contribution in [0.1, 0.15) is 34.6 Å². The molecule has 11 saturated heterocycles. The van der Waals surface area contributed by atoms with Gasteiger partial charge in [0.1, 0.15) is 268 Å². The Morgan fingerprint density at radius 3 is 0.743 bits per heavy atom. The Bertz CT molecular complexity index is 3980. The maximum absolute atomic E-state index is 13.2. The molecule has 144 heavy (non-hydrogen) atoms. The van der Waals surface area contributed by atoms with Crippen LogP contribution in [0.4, 0.5) is 0 Å². The summed E-state index contributed by atoms with van der Waals surface area (Å²) in [5.41, 5.74) is 0. The molecule has 11 rings (SSSR count). The summed E-state index contributed by atoms with van der Waals surface area (Å²) in [7, 11) is 0. The minimum Gasteiger partial charge on any atom is -0.394 e. The van der Waals surface area contributed by atoms with Crippen LogP contribution in [-0.4, -0.2) is 619 Å². The van der Waals surface area contributed by atoms with Gasteiger partial charge in [0.2, 0.25) is 35.9 Å². The quantitative estimate of drug-likeness (QED) is 0.0252. The number of carbonyl (C=O) groups is 6. The van der Waals surface area contributed by atoms with E-state index in [1.54, 1.807) is 0 Å². The van der Waals surface area contributed by atoms with Crippen LogP contribution < -0.4 is 31.9 Å². The van der Waals surface area contributed by atoms with Gasteiger partial charge in [0, 0.05) is 34.6 Å². The zero-order valence-electron chi connectivity index (χ0n) is 77.4. The Morgan fingerprint density at radius 2 is 0.444 bits per heavy atom. The lowest BCUT2D eigenvalue weighted by molar-refractivity contribution is -0.387. The Labute approximate surface area is 815 Å². The van der Waals surface area contributed by atoms with Crippen molar-refractivity contribution in [1.82, 2.24) is 31.9 Å². The number of nitrogens with one attached hydrogen (secondary N) is 6. The summed E-state index contributed by atoms with van der Waals surface area (Å²) in [5.74, 6) is -4.70. The summed E-state index contributed by atoms with van der Waals surface area (Å²) >= 11 is 0. The average molecular weight is 2110 g/mol. The molecule has 11 heterocycles. The van der Waals surface area contributed by atoms with Crippen molar-refractivity contribution < 1.29 is 286 Å². The lowest BCUT2D eigenvalue weighted by atomic mass is 9.94. The van der Waals surface area contributed by atoms with Gasteiger partial charge in [-0.2, -0.15) is 0 Å². The van der Waals surface area contributed by atoms with E-state index in [0.717, 1.165) is 34.6 Å². The number of aliphatic hydroxyl groups excluding tert-OH is 30. The van der Waals surface area contributed by atoms with E-state index in [0.29, 0.717) is 0 Å². The van der Waals surface area contributed by atoms with E-state index in [1.165, 1.54) is 0 Å². The Kier molecular flexibility index (Phi) is 44.1. The van der Waals surface area contributed by atoms with Crippen LogP contribution in [-0.2, 0) is 133 Å². The molecule has 11 aliphatic rings. The van der Waals surface area contributed by atoms with Gasteiger partial charge < -0.3 is 289 Å². The van der Waals surface area contributed by atoms with Crippen LogP contribution in [0.5, 0.6) is 0 Å². The van der Waals surface area contributed by atoms with Crippen LogP contribution in [0.25, 0.3) is 0 Å². The second-order valence-corrected chi connectivity index (χ2v) is 36.0. The Morgan fingerprint density at radius 1 is 0.229 bits per heavy atom. The third-order valence-corrected chi connectivity index (χ3v) is 25.9. The normalized spacial score (nSPS) is 47.3. The largest absolute Gasteiger partial charge is 0.394 e. The molecule has 11 fully saturated rings. The van der Waals surface area contributed by atoms with E-state index < -0.39 is 459 Å². The van der Waals surface area contributed by atoms with Gasteiger partial charge in [0.15, 0.2) is 69.2 Å². The van der Waals surface area contributed by atoms with Crippen molar-refractivity contribution in [2.24, 2.45) is 0 Å². The number of aliphatic hydroxyl groups is 30. The summed E-state index contributed by atoms with van der Waals surface area (Å²) in [4.78, 5) is 75.7. The fourth-order valence-electron chi connectivity index (χ4n) is 18.3. The van der Waals surface area contributed by atoms with E-state index in [4.69, 9.17) is 104 Å². The average Bonchev–Trinajstić information content (AvgIpc) is 0.775. The first-order valence-corrected chi connectivity index (χ1v) is 45.9. The molecule has 832 valence electrons. The van der Waals surface area contributed by atoms with Crippen LogP contribution >= 0.6 is 0 Å². The number of carbonyl (C=O) groups excluding carboxylic acids is 6. The standard InChI is InChI=1S/C80H134N6O58/c1-20(98)82-37-48(109)42(103)26(7-88)126-72(37)144-69-47(108)36(136-80(61(69)122)140-65-33(14-95)133-74(41(52(65)113)86-24(5)102)143-68-46(107)29(10-91)129-79(60(68)121)141-66-34(15-96)134-75(58(119)55(66)116)123-16-25(6-87)81-19-97)18-125-71-38(83-21(2)99)49(110)62(30(11-92)130-71)138-77-57(118)54(115)44(105)35(135-77)17-124-70-39(84-22(3)100)50(111)63(31(12-93)131-70)139-78-59(120)67(45(106)28(9-90)128-78)142-73-40(85-23(4)101)51(112)64(32(13-94)132-73)137-76-56(117)53(114)43(104)27(8-89)127-76/h19,25-80,87-96,103-122H,6-18H2,1-5H3,(H,81,97)(H,82,98)(H,83,99)(H,84,100)(H,85,101)(H,86,102)/t25-,26-,27-,28-,29-,30-,31-,32-,33-,34-,35-,36-,37-,38-,39-,40-,41-,42-,43+,44+,45+,46+,47+,48-,49-,50-,51-,52-,53+,54+,55-,56-,57-,58-,59-,60-,61-,62-,63-,64-,65-,66-,67+,68+,69+,70-,71-,72+,73+,74+,75-,76+,77+,78+,79+,80+/m1/s1. The molecule has 0 aromatic rings. The molecule has 64 nitrogen and oxygen atoms in total. The van der Waals surface area contributed by atoms with Crippen molar-refractivity contribution in [2.45, 2.75) is 378 Å². The lowest BCUT2D eigenvalue weighted by Crippen LogP contribution is -2.70. The molecule has 0 aromatic heterocycles. The van der Waals surface area contributed by atoms with Crippen molar-refractivity contribution >= 4 is 35.9 Å². The zero-order chi connectivity index (χ0) is 106. The fraction of sp³-hybridized carbons (Fsp3) is 0.925. The minimum atomic E-state index is -2.47. The van der Waals surface area contributed by atoms with Gasteiger partial charge in [-0.05, 0) is 0 Å². The van der Waals surface area contributed by atoms with Crippen molar-refractivity contribution in [3.63, 3.8) is 0 Å². The molecule has 6 amide bonds. The highest BCUT2D eigenvalue weighted by Gasteiger charge is 2.63. The lowest BCUT2D eigenvalue weighted by Gasteiger charge is -2.51. The van der Waals surface area contributed by atoms with Crippen LogP contribution in [0.2, 0.25) is 0 Å². The van der Waals surface area contributed by atoms with Crippen molar-refractivity contribution in [2.75, 3.05) is 85.9 Å². The molecular weight excluding hydrogens is 1970 g/mol. The van der Waals surface area contributed by atoms with E-state index in [9.17, 15) is 182 Å². The third kappa shape index (κ3) is 27.1. The highest BCUT2D eigenvalue weighted by Crippen LogP contribution is 2.42. The maximum Gasteiger partial charge on any atom is 0.217 e. The zero-order valence-corrected chi connectivity index (χ0v) is 77.4. The third-order valence-electron chi connectivity index (χ3n) is 25.9. The molecule has 0 aromatic carbocycles. The first kappa shape index (κ1) is 119. The van der Waals surface area contributed by atoms with Gasteiger partial charge in [0.05, 0.1) is 91.9 Å². The smallest absolute Gasteiger partial charge is 0.217 e. The molecule has 0 aliphatic carbocycles. The Hall–Kier alpha value is -5.26. The molecule has 0 radical (unpaired) electrons. The first-order chi connectivity index (χ1) is 68.3. The molecule has 0 unspecified atom stereocenters. The van der Waals surface area contributed by atoms with Crippen molar-refractivity contribution in [1.29, 1.82) is 0 Å². The summed E-state index contributed by atoms with van der Waals surface area (Å²) in [6.07, 6.45) is -103. The number of hydrogen-bond acceptors (Lipinski definition) is 58. The second kappa shape index (κ2) is 53.3.